The standard InChI is InChI=1S/C19H17N3O4S/c1-24-11-7-8-15(25-2)12(9-11)14-10-16(26-22-14)18(23)21-19-20-13-5-3-4-6-17(13)27-19/h3-9,16H,10H2,1-2H3,(H,20,21,23). The van der Waals surface area contributed by atoms with Crippen LogP contribution in [0.1, 0.15) is 12.0 Å². The van der Waals surface area contributed by atoms with E-state index in [0.717, 1.165) is 15.8 Å². The molecule has 4 rings (SSSR count). The van der Waals surface area contributed by atoms with Crippen LogP contribution in [-0.4, -0.2) is 36.9 Å². The summed E-state index contributed by atoms with van der Waals surface area (Å²) in [6.07, 6.45) is -0.386. The van der Waals surface area contributed by atoms with E-state index in [1.807, 2.05) is 30.3 Å². The van der Waals surface area contributed by atoms with Crippen LogP contribution in [-0.2, 0) is 9.63 Å². The Bertz CT molecular complexity index is 998. The van der Waals surface area contributed by atoms with Crippen molar-refractivity contribution >= 4 is 38.3 Å². The summed E-state index contributed by atoms with van der Waals surface area (Å²) in [7, 11) is 3.17. The molecule has 7 nitrogen and oxygen atoms in total. The van der Waals surface area contributed by atoms with Crippen molar-refractivity contribution in [1.29, 1.82) is 0 Å². The van der Waals surface area contributed by atoms with Crippen molar-refractivity contribution in [3.63, 3.8) is 0 Å². The average molecular weight is 383 g/mol. The number of amides is 1. The summed E-state index contributed by atoms with van der Waals surface area (Å²) < 4.78 is 11.7. The topological polar surface area (TPSA) is 82.0 Å². The molecule has 1 atom stereocenters. The van der Waals surface area contributed by atoms with Crippen molar-refractivity contribution in [3.8, 4) is 11.5 Å². The lowest BCUT2D eigenvalue weighted by Crippen LogP contribution is -2.28. The Labute approximate surface area is 159 Å². The summed E-state index contributed by atoms with van der Waals surface area (Å²) in [6, 6.07) is 13.1. The number of anilines is 1. The van der Waals surface area contributed by atoms with E-state index >= 15 is 0 Å². The average Bonchev–Trinajstić information content (AvgIpc) is 3.34. The van der Waals surface area contributed by atoms with Gasteiger partial charge in [-0.3, -0.25) is 10.1 Å². The first-order valence-electron chi connectivity index (χ1n) is 8.29. The number of nitrogens with one attached hydrogen (secondary N) is 1. The van der Waals surface area contributed by atoms with Crippen molar-refractivity contribution in [3.05, 3.63) is 48.0 Å². The molecule has 2 heterocycles. The first kappa shape index (κ1) is 17.3. The van der Waals surface area contributed by atoms with Crippen LogP contribution in [0, 0.1) is 0 Å². The number of carbonyl (C=O) groups excluding carboxylic acids is 1. The number of oxime groups is 1. The van der Waals surface area contributed by atoms with Gasteiger partial charge in [0.25, 0.3) is 5.91 Å². The third kappa shape index (κ3) is 3.43. The van der Waals surface area contributed by atoms with Gasteiger partial charge in [-0.05, 0) is 30.3 Å². The SMILES string of the molecule is COc1ccc(OC)c(C2=NOC(C(=O)Nc3nc4ccccc4s3)C2)c1. The van der Waals surface area contributed by atoms with E-state index in [9.17, 15) is 4.79 Å². The highest BCUT2D eigenvalue weighted by Gasteiger charge is 2.31. The molecule has 1 N–H and O–H groups in total. The second kappa shape index (κ2) is 7.24. The highest BCUT2D eigenvalue weighted by atomic mass is 32.1. The number of rotatable bonds is 5. The molecule has 2 aromatic carbocycles. The van der Waals surface area contributed by atoms with Gasteiger partial charge in [-0.2, -0.15) is 0 Å². The van der Waals surface area contributed by atoms with E-state index in [4.69, 9.17) is 14.3 Å². The number of benzene rings is 2. The maximum absolute atomic E-state index is 12.5. The second-order valence-corrected chi connectivity index (χ2v) is 6.91. The summed E-state index contributed by atoms with van der Waals surface area (Å²) in [5, 5.41) is 7.43. The maximum atomic E-state index is 12.5. The first-order valence-corrected chi connectivity index (χ1v) is 9.11. The number of nitrogens with zero attached hydrogens (tertiary/aromatic N) is 2. The molecule has 0 aliphatic carbocycles. The number of ether oxygens (including phenoxy) is 2. The van der Waals surface area contributed by atoms with E-state index < -0.39 is 6.10 Å². The summed E-state index contributed by atoms with van der Waals surface area (Å²) in [4.78, 5) is 22.3. The molecule has 1 aliphatic heterocycles. The van der Waals surface area contributed by atoms with Gasteiger partial charge in [0.05, 0.1) is 30.1 Å². The molecule has 1 aliphatic rings. The predicted octanol–water partition coefficient (Wildman–Crippen LogP) is 3.45. The highest BCUT2D eigenvalue weighted by Crippen LogP contribution is 2.30. The van der Waals surface area contributed by atoms with Crippen LogP contribution >= 0.6 is 11.3 Å². The van der Waals surface area contributed by atoms with Gasteiger partial charge in [-0.25, -0.2) is 4.98 Å². The molecule has 1 amide bonds. The quantitative estimate of drug-likeness (QED) is 0.730. The largest absolute Gasteiger partial charge is 0.497 e. The minimum absolute atomic E-state index is 0.283. The van der Waals surface area contributed by atoms with Crippen molar-refractivity contribution in [2.45, 2.75) is 12.5 Å². The molecule has 0 spiro atoms. The molecule has 8 heteroatoms. The molecule has 1 unspecified atom stereocenters. The molecule has 0 fully saturated rings. The minimum Gasteiger partial charge on any atom is -0.497 e. The predicted molar refractivity (Wildman–Crippen MR) is 104 cm³/mol. The van der Waals surface area contributed by atoms with Gasteiger partial charge in [0.1, 0.15) is 11.5 Å². The van der Waals surface area contributed by atoms with E-state index in [1.165, 1.54) is 11.3 Å². The molecule has 0 saturated carbocycles. The molecular weight excluding hydrogens is 366 g/mol. The number of hydrogen-bond donors (Lipinski definition) is 1. The highest BCUT2D eigenvalue weighted by molar-refractivity contribution is 7.22. The van der Waals surface area contributed by atoms with Crippen molar-refractivity contribution < 1.29 is 19.1 Å². The van der Waals surface area contributed by atoms with Crippen molar-refractivity contribution in [2.24, 2.45) is 5.16 Å². The number of hydrogen-bond acceptors (Lipinski definition) is 7. The Morgan fingerprint density at radius 3 is 2.85 bits per heavy atom. The number of aromatic nitrogens is 1. The zero-order valence-electron chi connectivity index (χ0n) is 14.8. The molecule has 1 aromatic heterocycles. The monoisotopic (exact) mass is 383 g/mol. The van der Waals surface area contributed by atoms with Crippen LogP contribution in [0.15, 0.2) is 47.6 Å². The Kier molecular flexibility index (Phi) is 4.64. The number of carbonyl (C=O) groups is 1. The normalized spacial score (nSPS) is 15.9. The summed E-state index contributed by atoms with van der Waals surface area (Å²) in [6.45, 7) is 0. The van der Waals surface area contributed by atoms with Gasteiger partial charge in [-0.1, -0.05) is 28.6 Å². The zero-order chi connectivity index (χ0) is 18.8. The minimum atomic E-state index is -0.720. The van der Waals surface area contributed by atoms with Gasteiger partial charge in [0.15, 0.2) is 5.13 Å². The number of para-hydroxylation sites is 1. The van der Waals surface area contributed by atoms with Gasteiger partial charge in [0, 0.05) is 12.0 Å². The maximum Gasteiger partial charge on any atom is 0.270 e. The fraction of sp³-hybridized carbons (Fsp3) is 0.211. The summed E-state index contributed by atoms with van der Waals surface area (Å²) in [5.41, 5.74) is 2.23. The third-order valence-corrected chi connectivity index (χ3v) is 5.15. The molecular formula is C19H17N3O4S. The Balaban J connectivity index is 1.48. The fourth-order valence-electron chi connectivity index (χ4n) is 2.83. The van der Waals surface area contributed by atoms with Crippen LogP contribution in [0.5, 0.6) is 11.5 Å². The Morgan fingerprint density at radius 1 is 1.22 bits per heavy atom. The number of thiazole rings is 1. The zero-order valence-corrected chi connectivity index (χ0v) is 15.6. The van der Waals surface area contributed by atoms with Crippen LogP contribution in [0.3, 0.4) is 0 Å². The van der Waals surface area contributed by atoms with Crippen molar-refractivity contribution in [1.82, 2.24) is 4.98 Å². The van der Waals surface area contributed by atoms with E-state index in [-0.39, 0.29) is 5.91 Å². The van der Waals surface area contributed by atoms with Gasteiger partial charge < -0.3 is 14.3 Å². The lowest BCUT2D eigenvalue weighted by atomic mass is 10.0. The van der Waals surface area contributed by atoms with Gasteiger partial charge in [0.2, 0.25) is 6.10 Å². The third-order valence-electron chi connectivity index (χ3n) is 4.20. The molecule has 0 saturated heterocycles. The first-order chi connectivity index (χ1) is 13.2. The summed E-state index contributed by atoms with van der Waals surface area (Å²) in [5.74, 6) is 1.04. The molecule has 138 valence electrons. The fourth-order valence-corrected chi connectivity index (χ4v) is 3.70. The van der Waals surface area contributed by atoms with Gasteiger partial charge >= 0.3 is 0 Å². The number of methoxy groups -OCH3 is 2. The van der Waals surface area contributed by atoms with Crippen LogP contribution in [0.4, 0.5) is 5.13 Å². The van der Waals surface area contributed by atoms with Gasteiger partial charge in [-0.15, -0.1) is 0 Å². The molecule has 3 aromatic rings. The second-order valence-electron chi connectivity index (χ2n) is 5.88. The Hall–Kier alpha value is -3.13. The van der Waals surface area contributed by atoms with Crippen LogP contribution < -0.4 is 14.8 Å². The Morgan fingerprint density at radius 2 is 2.07 bits per heavy atom. The molecule has 27 heavy (non-hydrogen) atoms. The van der Waals surface area contributed by atoms with E-state index in [1.54, 1.807) is 26.4 Å². The van der Waals surface area contributed by atoms with Crippen LogP contribution in [0.25, 0.3) is 10.2 Å². The smallest absolute Gasteiger partial charge is 0.270 e. The van der Waals surface area contributed by atoms with E-state index in [0.29, 0.717) is 28.8 Å². The lowest BCUT2D eigenvalue weighted by Gasteiger charge is -2.10. The van der Waals surface area contributed by atoms with Crippen molar-refractivity contribution in [2.75, 3.05) is 19.5 Å². The van der Waals surface area contributed by atoms with E-state index in [2.05, 4.69) is 15.5 Å². The lowest BCUT2D eigenvalue weighted by molar-refractivity contribution is -0.125. The van der Waals surface area contributed by atoms with Crippen LogP contribution in [0.2, 0.25) is 0 Å². The molecule has 0 bridgehead atoms. The number of fused-ring (bicyclic) bond motifs is 1. The molecule has 0 radical (unpaired) electrons. The summed E-state index contributed by atoms with van der Waals surface area (Å²) >= 11 is 1.42.